The summed E-state index contributed by atoms with van der Waals surface area (Å²) in [6.07, 6.45) is 10.2. The fourth-order valence-electron chi connectivity index (χ4n) is 10.6. The Morgan fingerprint density at radius 3 is 1.33 bits per heavy atom. The third-order valence-corrected chi connectivity index (χ3v) is 26.0. The summed E-state index contributed by atoms with van der Waals surface area (Å²) in [4.78, 5) is 43.9. The van der Waals surface area contributed by atoms with Gasteiger partial charge in [0.25, 0.3) is 0 Å². The first-order valence-electron chi connectivity index (χ1n) is 29.3. The number of amides is 3. The Balaban J connectivity index is 0.000000157. The number of carbonyl (C=O) groups is 3. The van der Waals surface area contributed by atoms with Gasteiger partial charge in [0, 0.05) is 117 Å². The zero-order valence-electron chi connectivity index (χ0n) is 52.1. The van der Waals surface area contributed by atoms with Gasteiger partial charge in [0.05, 0.1) is 94.1 Å². The number of aromatic nitrogens is 6. The lowest BCUT2D eigenvalue weighted by Crippen LogP contribution is -2.55. The Hall–Kier alpha value is -6.76. The van der Waals surface area contributed by atoms with Gasteiger partial charge in [-0.25, -0.2) is 52.9 Å². The van der Waals surface area contributed by atoms with Crippen LogP contribution in [0.1, 0.15) is 58.9 Å². The molecule has 3 unspecified atom stereocenters. The smallest absolute Gasteiger partial charge is 0.242 e. The highest BCUT2D eigenvalue weighted by molar-refractivity contribution is 7.97. The molecular formula is C62H67Cl3F3N15O7S6. The van der Waals surface area contributed by atoms with Crippen molar-refractivity contribution in [3.63, 3.8) is 0 Å². The molecule has 9 heterocycles. The van der Waals surface area contributed by atoms with Gasteiger partial charge in [-0.05, 0) is 135 Å². The average Bonchev–Trinajstić information content (AvgIpc) is 1.24. The van der Waals surface area contributed by atoms with E-state index in [1.54, 1.807) is 54.2 Å². The summed E-state index contributed by atoms with van der Waals surface area (Å²) in [6, 6.07) is 20.5. The normalized spacial score (nSPS) is 23.9. The van der Waals surface area contributed by atoms with E-state index in [1.807, 2.05) is 79.0 Å². The molecule has 510 valence electrons. The van der Waals surface area contributed by atoms with E-state index in [0.717, 1.165) is 53.3 Å². The third-order valence-electron chi connectivity index (χ3n) is 16.0. The van der Waals surface area contributed by atoms with Crippen LogP contribution in [0, 0.1) is 17.5 Å². The van der Waals surface area contributed by atoms with Gasteiger partial charge in [-0.15, -0.1) is 34.0 Å². The summed E-state index contributed by atoms with van der Waals surface area (Å²) in [6.45, 7) is 3.22. The molecule has 12 rings (SSSR count). The van der Waals surface area contributed by atoms with Crippen LogP contribution in [0.5, 0.6) is 0 Å². The van der Waals surface area contributed by atoms with Gasteiger partial charge >= 0.3 is 0 Å². The minimum Gasteiger partial charge on any atom is -0.394 e. The molecule has 0 radical (unpaired) electrons. The molecule has 3 aromatic carbocycles. The second kappa shape index (κ2) is 30.2. The molecule has 3 amide bonds. The topological polar surface area (TPSA) is 258 Å². The van der Waals surface area contributed by atoms with Crippen LogP contribution in [-0.2, 0) is 64.2 Å². The number of likely N-dealkylation sites (N-methyl/N-ethyl adjacent to an activating group) is 3. The largest absolute Gasteiger partial charge is 0.394 e. The van der Waals surface area contributed by atoms with Gasteiger partial charge in [-0.2, -0.15) is 15.3 Å². The van der Waals surface area contributed by atoms with Crippen molar-refractivity contribution in [1.29, 1.82) is 0 Å². The first kappa shape index (κ1) is 72.0. The average molecular weight is 1490 g/mol. The maximum absolute atomic E-state index is 13.4. The number of nitrogens with one attached hydrogen (secondary N) is 6. The Labute approximate surface area is 581 Å². The van der Waals surface area contributed by atoms with E-state index in [-0.39, 0.29) is 57.5 Å². The number of hydrogen-bond donors (Lipinski definition) is 7. The maximum Gasteiger partial charge on any atom is 0.242 e. The molecule has 96 heavy (non-hydrogen) atoms. The van der Waals surface area contributed by atoms with Gasteiger partial charge < -0.3 is 21.1 Å². The van der Waals surface area contributed by atoms with Crippen molar-refractivity contribution in [2.75, 3.05) is 43.7 Å². The third kappa shape index (κ3) is 16.7. The summed E-state index contributed by atoms with van der Waals surface area (Å²) in [5.41, 5.74) is 4.96. The van der Waals surface area contributed by atoms with Crippen LogP contribution in [0.4, 0.5) is 30.2 Å². The van der Waals surface area contributed by atoms with Crippen molar-refractivity contribution in [2.24, 2.45) is 7.05 Å². The van der Waals surface area contributed by atoms with Crippen LogP contribution in [-0.4, -0.2) is 141 Å². The molecule has 3 fully saturated rings. The number of carbonyl (C=O) groups excluding carboxylic acids is 3. The highest BCUT2D eigenvalue weighted by Gasteiger charge is 2.41. The van der Waals surface area contributed by atoms with Gasteiger partial charge in [-0.3, -0.25) is 28.4 Å². The van der Waals surface area contributed by atoms with Crippen molar-refractivity contribution in [3.05, 3.63) is 175 Å². The van der Waals surface area contributed by atoms with Crippen LogP contribution >= 0.6 is 68.8 Å². The van der Waals surface area contributed by atoms with Crippen molar-refractivity contribution >= 4 is 151 Å². The van der Waals surface area contributed by atoms with Crippen LogP contribution < -0.4 is 30.1 Å². The quantitative estimate of drug-likeness (QED) is 0.0478. The van der Waals surface area contributed by atoms with E-state index < -0.39 is 65.3 Å². The van der Waals surface area contributed by atoms with Crippen molar-refractivity contribution < 1.29 is 45.3 Å². The summed E-state index contributed by atoms with van der Waals surface area (Å²) in [5.74, 6) is 8.59. The standard InChI is InChI=1S/C21H23ClFN5O3S2.C21H23ClFN5O2S2.C20H21ClFN5O2S2/c1-27-18(21(30)25-14-3-4-16(23)15(22)9-14)10-17(26-33(27,2)31)20-6-5-19(32-20)13-11-24-28(12-13)7-8-29;1-4-28-12-13(11-24-28)19-7-8-20(31-19)17-10-18(27(2)32(3,30)26-17)21(29)25-14-5-6-16(23)15(22)9-14;1-26-17(6-7-23-26)12-8-19(30-11-12)16-10-18(27(2)31(3,29)25-16)20(28)24-13-4-5-15(22)14(21)9-13/h3-6,9,11-12,17-18,29H,2,7-8,10H2,1H3,(H,25,30)(H,26,31);5-9,11-12,17-18H,3-4,10H2,1-2H3,(H,25,29)(H,26,30);4-9,11,16,18H,3,10H2,1-2H3,(H,24,28)(H,25,29)/t17-,18+,33?;17-,18+,32?;16-,18+,31?/m111/s1. The summed E-state index contributed by atoms with van der Waals surface area (Å²) in [5, 5.41) is 31.7. The van der Waals surface area contributed by atoms with Crippen LogP contribution in [0.25, 0.3) is 32.1 Å². The first-order chi connectivity index (χ1) is 45.5. The molecule has 22 nitrogen and oxygen atoms in total. The Morgan fingerprint density at radius 2 is 0.969 bits per heavy atom. The van der Waals surface area contributed by atoms with Crippen molar-refractivity contribution in [2.45, 2.75) is 75.5 Å². The molecule has 7 N–H and O–H groups in total. The van der Waals surface area contributed by atoms with Crippen LogP contribution in [0.2, 0.25) is 15.1 Å². The Morgan fingerprint density at radius 1 is 0.573 bits per heavy atom. The molecule has 0 spiro atoms. The highest BCUT2D eigenvalue weighted by Crippen LogP contribution is 2.40. The lowest BCUT2D eigenvalue weighted by Gasteiger charge is -2.39. The molecule has 0 saturated carbocycles. The summed E-state index contributed by atoms with van der Waals surface area (Å²) < 4.78 is 98.5. The molecule has 9 atom stereocenters. The van der Waals surface area contributed by atoms with Crippen LogP contribution in [0.15, 0.2) is 127 Å². The van der Waals surface area contributed by atoms with Gasteiger partial charge in [0.2, 0.25) is 17.7 Å². The number of aliphatic hydroxyl groups is 1. The lowest BCUT2D eigenvalue weighted by molar-refractivity contribution is -0.120. The minimum absolute atomic E-state index is 0.00175. The van der Waals surface area contributed by atoms with E-state index in [1.165, 1.54) is 90.2 Å². The molecule has 0 bridgehead atoms. The van der Waals surface area contributed by atoms with Gasteiger partial charge in [0.1, 0.15) is 35.6 Å². The van der Waals surface area contributed by atoms with E-state index >= 15 is 0 Å². The number of benzene rings is 3. The van der Waals surface area contributed by atoms with E-state index in [4.69, 9.17) is 39.9 Å². The van der Waals surface area contributed by atoms with Gasteiger partial charge in [-0.1, -0.05) is 34.8 Å². The monoisotopic (exact) mass is 1490 g/mol. The number of rotatable bonds is 15. The van der Waals surface area contributed by atoms with E-state index in [9.17, 15) is 40.2 Å². The maximum atomic E-state index is 13.4. The molecule has 34 heteroatoms. The lowest BCUT2D eigenvalue weighted by atomic mass is 10.0. The molecular weight excluding hydrogens is 1420 g/mol. The SMILES string of the molecule is C=S1(=O)N[C@@H](c2cc(-c3ccnn3C)cs2)C[C@@H](C(=O)Nc2ccc(F)c(Cl)c2)N1C.C=S1(=O)N[C@@H](c2ccc(-c3cnn(CC)c3)s2)C[C@@H](C(=O)Nc2ccc(F)c(Cl)c2)N1C.C=S1(=O)N[C@@H](c2ccc(-c3cnn(CCO)c3)s2)C[C@@H](C(=O)Nc2ccc(F)c(Cl)c2)N1C. The fraction of sp³-hybridized carbons (Fsp3) is 0.274. The summed E-state index contributed by atoms with van der Waals surface area (Å²) >= 11 is 22.0. The number of anilines is 3. The molecule has 6 aromatic heterocycles. The first-order valence-corrected chi connectivity index (χ1v) is 38.0. The van der Waals surface area contributed by atoms with Crippen molar-refractivity contribution in [3.8, 4) is 32.1 Å². The predicted molar refractivity (Wildman–Crippen MR) is 382 cm³/mol. The molecule has 3 aliphatic rings. The minimum atomic E-state index is -2.92. The van der Waals surface area contributed by atoms with E-state index in [2.05, 4.69) is 63.0 Å². The molecule has 3 aliphatic heterocycles. The second-order valence-corrected chi connectivity index (χ2v) is 33.1. The highest BCUT2D eigenvalue weighted by atomic mass is 35.5. The van der Waals surface area contributed by atoms with Gasteiger partial charge in [0.15, 0.2) is 0 Å². The number of halogens is 6. The number of aliphatic hydroxyl groups excluding tert-OH is 1. The molecule has 3 saturated heterocycles. The Bertz CT molecular complexity index is 4700. The van der Waals surface area contributed by atoms with Crippen LogP contribution in [0.3, 0.4) is 0 Å². The number of aryl methyl sites for hydroxylation is 2. The summed E-state index contributed by atoms with van der Waals surface area (Å²) in [7, 11) is -2.06. The number of hydrogen-bond acceptors (Lipinski definition) is 13. The predicted octanol–water partition coefficient (Wildman–Crippen LogP) is 10.3. The van der Waals surface area contributed by atoms with Crippen molar-refractivity contribution in [1.82, 2.24) is 56.4 Å². The zero-order valence-corrected chi connectivity index (χ0v) is 59.3. The van der Waals surface area contributed by atoms with E-state index in [0.29, 0.717) is 42.9 Å². The Kier molecular flexibility index (Phi) is 22.6. The molecule has 0 aliphatic carbocycles. The number of nitrogens with zero attached hydrogens (tertiary/aromatic N) is 9. The number of thiophene rings is 3. The zero-order chi connectivity index (χ0) is 69.1. The molecule has 9 aromatic rings. The second-order valence-electron chi connectivity index (χ2n) is 22.5. The fourth-order valence-corrected chi connectivity index (χ4v) is 18.7.